The fourth-order valence-corrected chi connectivity index (χ4v) is 5.00. The zero-order chi connectivity index (χ0) is 20.2. The second-order valence-electron chi connectivity index (χ2n) is 8.59. The second-order valence-corrected chi connectivity index (χ2v) is 8.59. The minimum absolute atomic E-state index is 0.386. The molecule has 29 heavy (non-hydrogen) atoms. The summed E-state index contributed by atoms with van der Waals surface area (Å²) in [7, 11) is 1.93. The average molecular weight is 388 g/mol. The summed E-state index contributed by atoms with van der Waals surface area (Å²) in [6, 6.07) is 9.35. The molecule has 1 aliphatic carbocycles. The lowest BCUT2D eigenvalue weighted by molar-refractivity contribution is 0.460. The molecular formula is C26H33N3. The maximum atomic E-state index is 4.86. The third kappa shape index (κ3) is 4.30. The normalized spacial score (nSPS) is 25.0. The van der Waals surface area contributed by atoms with Crippen LogP contribution in [0.4, 0.5) is 0 Å². The van der Waals surface area contributed by atoms with Crippen LogP contribution in [0.15, 0.2) is 77.1 Å². The highest BCUT2D eigenvalue weighted by molar-refractivity contribution is 6.07. The highest BCUT2D eigenvalue weighted by atomic mass is 14.9. The Labute approximate surface area is 175 Å². The van der Waals surface area contributed by atoms with Crippen molar-refractivity contribution in [2.75, 3.05) is 20.1 Å². The largest absolute Gasteiger partial charge is 0.393 e. The van der Waals surface area contributed by atoms with E-state index in [1.165, 1.54) is 40.8 Å². The van der Waals surface area contributed by atoms with Gasteiger partial charge >= 0.3 is 0 Å². The number of allylic oxidation sites excluding steroid dienone is 5. The van der Waals surface area contributed by atoms with Gasteiger partial charge in [0, 0.05) is 25.4 Å². The van der Waals surface area contributed by atoms with Crippen LogP contribution in [-0.2, 0) is 6.42 Å². The van der Waals surface area contributed by atoms with E-state index < -0.39 is 0 Å². The van der Waals surface area contributed by atoms with E-state index in [2.05, 4.69) is 60.7 Å². The number of rotatable bonds is 6. The average Bonchev–Trinajstić information content (AvgIpc) is 3.17. The van der Waals surface area contributed by atoms with E-state index in [1.54, 1.807) is 0 Å². The van der Waals surface area contributed by atoms with Crippen molar-refractivity contribution in [1.82, 2.24) is 10.6 Å². The minimum Gasteiger partial charge on any atom is -0.393 e. The van der Waals surface area contributed by atoms with Gasteiger partial charge in [0.25, 0.3) is 0 Å². The minimum atomic E-state index is 0.386. The third-order valence-corrected chi connectivity index (χ3v) is 6.51. The number of aliphatic imine (C=N–C) groups is 1. The van der Waals surface area contributed by atoms with E-state index in [0.717, 1.165) is 31.5 Å². The lowest BCUT2D eigenvalue weighted by Crippen LogP contribution is -2.26. The van der Waals surface area contributed by atoms with Gasteiger partial charge in [-0.3, -0.25) is 4.99 Å². The molecule has 0 radical (unpaired) electrons. The van der Waals surface area contributed by atoms with Crippen LogP contribution < -0.4 is 10.6 Å². The molecule has 1 saturated heterocycles. The smallest absolute Gasteiger partial charge is 0.0511 e. The molecule has 2 atom stereocenters. The first-order chi connectivity index (χ1) is 14.2. The van der Waals surface area contributed by atoms with Gasteiger partial charge in [-0.2, -0.15) is 0 Å². The quantitative estimate of drug-likeness (QED) is 0.681. The van der Waals surface area contributed by atoms with Gasteiger partial charge in [-0.05, 0) is 78.5 Å². The number of benzene rings is 1. The van der Waals surface area contributed by atoms with Crippen LogP contribution in [0.3, 0.4) is 0 Å². The van der Waals surface area contributed by atoms with Gasteiger partial charge in [0.15, 0.2) is 0 Å². The standard InChI is InChI=1S/C26H33N3/c1-4-20(16-27-3)25-17-29-26-23(13-18(2)14-24(25)26)15-19-5-7-21(8-6-19)22-9-11-28-12-10-22/h4-8,13,16-18,22,24,27-28H,1,9-12,14-15H2,2-3H3/b20-16+. The molecule has 3 heteroatoms. The molecular weight excluding hydrogens is 354 g/mol. The number of hydrogen-bond donors (Lipinski definition) is 2. The molecule has 1 aromatic rings. The number of fused-ring (bicyclic) bond motifs is 1. The molecule has 0 bridgehead atoms. The maximum absolute atomic E-state index is 4.86. The zero-order valence-electron chi connectivity index (χ0n) is 17.7. The monoisotopic (exact) mass is 387 g/mol. The van der Waals surface area contributed by atoms with Crippen LogP contribution in [0.2, 0.25) is 0 Å². The molecule has 4 rings (SSSR count). The number of nitrogens with zero attached hydrogens (tertiary/aromatic N) is 1. The summed E-state index contributed by atoms with van der Waals surface area (Å²) >= 11 is 0. The summed E-state index contributed by atoms with van der Waals surface area (Å²) in [5.74, 6) is 1.66. The van der Waals surface area contributed by atoms with E-state index in [1.807, 2.05) is 19.3 Å². The molecule has 3 aliphatic rings. The van der Waals surface area contributed by atoms with Crippen LogP contribution in [0.25, 0.3) is 0 Å². The molecule has 2 aliphatic heterocycles. The van der Waals surface area contributed by atoms with Crippen LogP contribution >= 0.6 is 0 Å². The summed E-state index contributed by atoms with van der Waals surface area (Å²) in [6.45, 7) is 8.60. The first-order valence-corrected chi connectivity index (χ1v) is 11.0. The first kappa shape index (κ1) is 19.9. The molecule has 2 unspecified atom stereocenters. The third-order valence-electron chi connectivity index (χ3n) is 6.51. The molecule has 1 fully saturated rings. The molecule has 1 aromatic carbocycles. The topological polar surface area (TPSA) is 36.4 Å². The first-order valence-electron chi connectivity index (χ1n) is 11.0. The van der Waals surface area contributed by atoms with Crippen molar-refractivity contribution in [2.24, 2.45) is 16.8 Å². The molecule has 2 heterocycles. The van der Waals surface area contributed by atoms with Crippen molar-refractivity contribution in [3.8, 4) is 0 Å². The number of piperidine rings is 1. The Kier molecular flexibility index (Phi) is 6.15. The molecule has 3 nitrogen and oxygen atoms in total. The van der Waals surface area contributed by atoms with E-state index in [-0.39, 0.29) is 0 Å². The van der Waals surface area contributed by atoms with Crippen molar-refractivity contribution in [3.05, 3.63) is 83.2 Å². The lowest BCUT2D eigenvalue weighted by atomic mass is 9.75. The Morgan fingerprint density at radius 2 is 2.00 bits per heavy atom. The van der Waals surface area contributed by atoms with Crippen LogP contribution in [0.1, 0.15) is 43.2 Å². The van der Waals surface area contributed by atoms with Crippen molar-refractivity contribution < 1.29 is 0 Å². The summed E-state index contributed by atoms with van der Waals surface area (Å²) in [4.78, 5) is 4.86. The van der Waals surface area contributed by atoms with Gasteiger partial charge in [-0.25, -0.2) is 0 Å². The molecule has 152 valence electrons. The molecule has 0 saturated carbocycles. The number of nitrogens with one attached hydrogen (secondary N) is 2. The lowest BCUT2D eigenvalue weighted by Gasteiger charge is -2.28. The van der Waals surface area contributed by atoms with Crippen molar-refractivity contribution in [1.29, 1.82) is 0 Å². The zero-order valence-corrected chi connectivity index (χ0v) is 17.7. The Morgan fingerprint density at radius 3 is 2.69 bits per heavy atom. The second kappa shape index (κ2) is 8.96. The van der Waals surface area contributed by atoms with E-state index in [9.17, 15) is 0 Å². The van der Waals surface area contributed by atoms with Gasteiger partial charge in [-0.1, -0.05) is 49.9 Å². The predicted molar refractivity (Wildman–Crippen MR) is 123 cm³/mol. The molecule has 2 N–H and O–H groups in total. The Morgan fingerprint density at radius 1 is 1.24 bits per heavy atom. The predicted octanol–water partition coefficient (Wildman–Crippen LogP) is 4.91. The van der Waals surface area contributed by atoms with Crippen LogP contribution in [0.5, 0.6) is 0 Å². The van der Waals surface area contributed by atoms with Gasteiger partial charge in [0.1, 0.15) is 0 Å². The van der Waals surface area contributed by atoms with Gasteiger partial charge < -0.3 is 10.6 Å². The SMILES string of the molecule is C=C/C(=C\NC)C1=CN=C2C(Cc3ccc(C4CCNCC4)cc3)=CC(C)CC12. The fourth-order valence-electron chi connectivity index (χ4n) is 5.00. The van der Waals surface area contributed by atoms with Gasteiger partial charge in [-0.15, -0.1) is 0 Å². The van der Waals surface area contributed by atoms with E-state index >= 15 is 0 Å². The highest BCUT2D eigenvalue weighted by Crippen LogP contribution is 2.39. The molecule has 0 amide bonds. The Hall–Kier alpha value is -2.39. The highest BCUT2D eigenvalue weighted by Gasteiger charge is 2.33. The summed E-state index contributed by atoms with van der Waals surface area (Å²) in [5, 5.41) is 6.60. The van der Waals surface area contributed by atoms with Crippen molar-refractivity contribution in [2.45, 2.75) is 38.5 Å². The van der Waals surface area contributed by atoms with E-state index in [0.29, 0.717) is 17.8 Å². The summed E-state index contributed by atoms with van der Waals surface area (Å²) in [6.07, 6.45) is 13.0. The van der Waals surface area contributed by atoms with E-state index in [4.69, 9.17) is 4.99 Å². The Bertz CT molecular complexity index is 864. The summed E-state index contributed by atoms with van der Waals surface area (Å²) < 4.78 is 0. The molecule has 0 spiro atoms. The Balaban J connectivity index is 1.49. The van der Waals surface area contributed by atoms with Gasteiger partial charge in [0.2, 0.25) is 0 Å². The maximum Gasteiger partial charge on any atom is 0.0511 e. The van der Waals surface area contributed by atoms with Crippen LogP contribution in [-0.4, -0.2) is 25.8 Å². The van der Waals surface area contributed by atoms with Gasteiger partial charge in [0.05, 0.1) is 5.71 Å². The number of hydrogen-bond acceptors (Lipinski definition) is 3. The summed E-state index contributed by atoms with van der Waals surface area (Å²) in [5.41, 5.74) is 7.97. The van der Waals surface area contributed by atoms with Crippen molar-refractivity contribution >= 4 is 5.71 Å². The van der Waals surface area contributed by atoms with Crippen LogP contribution in [0, 0.1) is 11.8 Å². The fraction of sp³-hybridized carbons (Fsp3) is 0.423. The molecule has 0 aromatic heterocycles. The van der Waals surface area contributed by atoms with Crippen molar-refractivity contribution in [3.63, 3.8) is 0 Å².